The number of benzene rings is 2. The summed E-state index contributed by atoms with van der Waals surface area (Å²) < 4.78 is 42.2. The number of pyridine rings is 1. The zero-order chi connectivity index (χ0) is 23.0. The molecule has 0 saturated heterocycles. The van der Waals surface area contributed by atoms with Crippen LogP contribution in [0.4, 0.5) is 14.9 Å². The van der Waals surface area contributed by atoms with Gasteiger partial charge in [0.05, 0.1) is 10.0 Å². The van der Waals surface area contributed by atoms with Crippen LogP contribution in [0, 0.1) is 5.82 Å². The summed E-state index contributed by atoms with van der Waals surface area (Å²) in [7, 11) is -4.12. The van der Waals surface area contributed by atoms with E-state index in [1.54, 1.807) is 24.3 Å². The molecule has 12 heteroatoms. The predicted molar refractivity (Wildman–Crippen MR) is 125 cm³/mol. The first-order valence-electron chi connectivity index (χ1n) is 8.87. The van der Waals surface area contributed by atoms with Crippen molar-refractivity contribution >= 4 is 68.1 Å². The molecule has 0 aliphatic rings. The second-order valence-corrected chi connectivity index (χ2v) is 10.7. The zero-order valence-electron chi connectivity index (χ0n) is 15.9. The van der Waals surface area contributed by atoms with Crippen LogP contribution in [0.1, 0.15) is 0 Å². The molecular weight excluding hydrogens is 497 g/mol. The largest absolute Gasteiger partial charge is 0.333 e. The molecule has 2 amide bonds. The van der Waals surface area contributed by atoms with Crippen molar-refractivity contribution < 1.29 is 17.6 Å². The fourth-order valence-electron chi connectivity index (χ4n) is 2.97. The smallest absolute Gasteiger partial charge is 0.307 e. The summed E-state index contributed by atoms with van der Waals surface area (Å²) in [5.41, 5.74) is -0.473. The molecule has 4 rings (SSSR count). The molecule has 32 heavy (non-hydrogen) atoms. The van der Waals surface area contributed by atoms with E-state index in [4.69, 9.17) is 11.6 Å². The Hall–Kier alpha value is -2.86. The lowest BCUT2D eigenvalue weighted by Gasteiger charge is -2.11. The standard InChI is InChI=1S/C20H13ClFN3O4S3/c21-17-5-6-18(31-17)32(28,29)24-20(27)23-12-2-4-16(15(22)9-12)25-8-7-11-1-3-13(30)10-14(11)19(25)26/h1-10,30H,(H2,23,24,27). The van der Waals surface area contributed by atoms with Gasteiger partial charge in [-0.15, -0.1) is 24.0 Å². The third-order valence-electron chi connectivity index (χ3n) is 4.39. The highest BCUT2D eigenvalue weighted by atomic mass is 35.5. The Kier molecular flexibility index (Phi) is 5.99. The fourth-order valence-corrected chi connectivity index (χ4v) is 5.56. The quantitative estimate of drug-likeness (QED) is 0.349. The number of fused-ring (bicyclic) bond motifs is 1. The van der Waals surface area contributed by atoms with Gasteiger partial charge in [0.2, 0.25) is 0 Å². The number of sulfonamides is 1. The van der Waals surface area contributed by atoms with Crippen molar-refractivity contribution in [2.45, 2.75) is 9.10 Å². The summed E-state index contributed by atoms with van der Waals surface area (Å²) in [6.45, 7) is 0. The lowest BCUT2D eigenvalue weighted by atomic mass is 10.1. The molecule has 7 nitrogen and oxygen atoms in total. The highest BCUT2D eigenvalue weighted by Gasteiger charge is 2.20. The maximum absolute atomic E-state index is 14.8. The minimum Gasteiger partial charge on any atom is -0.307 e. The molecule has 0 atom stereocenters. The van der Waals surface area contributed by atoms with Crippen LogP contribution in [0.25, 0.3) is 16.5 Å². The van der Waals surface area contributed by atoms with Crippen LogP contribution in [-0.4, -0.2) is 19.0 Å². The van der Waals surface area contributed by atoms with Crippen LogP contribution < -0.4 is 15.6 Å². The van der Waals surface area contributed by atoms with Crippen molar-refractivity contribution in [1.82, 2.24) is 9.29 Å². The van der Waals surface area contributed by atoms with Gasteiger partial charge < -0.3 is 5.32 Å². The summed E-state index contributed by atoms with van der Waals surface area (Å²) in [5, 5.41) is 3.31. The SMILES string of the molecule is O=C(Nc1ccc(-n2ccc3ccc(S)cc3c2=O)c(F)c1)NS(=O)(=O)c1ccc(Cl)s1. The van der Waals surface area contributed by atoms with E-state index in [1.165, 1.54) is 30.5 Å². The molecule has 0 aliphatic carbocycles. The maximum Gasteiger partial charge on any atom is 0.333 e. The molecule has 0 saturated carbocycles. The second kappa shape index (κ2) is 8.58. The molecule has 2 aromatic heterocycles. The number of nitrogens with zero attached hydrogens (tertiary/aromatic N) is 1. The molecule has 2 heterocycles. The average Bonchev–Trinajstić information content (AvgIpc) is 3.16. The molecule has 2 N–H and O–H groups in total. The molecule has 164 valence electrons. The first kappa shape index (κ1) is 22.3. The van der Waals surface area contributed by atoms with Crippen LogP contribution in [0.5, 0.6) is 0 Å². The normalized spacial score (nSPS) is 11.5. The number of amides is 2. The summed E-state index contributed by atoms with van der Waals surface area (Å²) in [6, 6.07) is 11.9. The number of anilines is 1. The molecule has 0 fully saturated rings. The van der Waals surface area contributed by atoms with Gasteiger partial charge in [0.15, 0.2) is 0 Å². The number of carbonyl (C=O) groups excluding carboxylic acids is 1. The van der Waals surface area contributed by atoms with E-state index in [2.05, 4.69) is 17.9 Å². The third-order valence-corrected chi connectivity index (χ3v) is 7.73. The Balaban J connectivity index is 1.58. The number of hydrogen-bond donors (Lipinski definition) is 3. The van der Waals surface area contributed by atoms with Crippen LogP contribution in [0.3, 0.4) is 0 Å². The average molecular weight is 510 g/mol. The minimum absolute atomic E-state index is 0.00496. The molecule has 0 unspecified atom stereocenters. The molecule has 0 spiro atoms. The summed E-state index contributed by atoms with van der Waals surface area (Å²) >= 11 is 10.7. The van der Waals surface area contributed by atoms with Gasteiger partial charge in [-0.2, -0.15) is 0 Å². The number of nitrogens with one attached hydrogen (secondary N) is 2. The highest BCUT2D eigenvalue weighted by molar-refractivity contribution is 7.92. The van der Waals surface area contributed by atoms with Crippen LogP contribution in [0.15, 0.2) is 74.7 Å². The van der Waals surface area contributed by atoms with Gasteiger partial charge in [0.25, 0.3) is 15.6 Å². The minimum atomic E-state index is -4.12. The number of halogens is 2. The lowest BCUT2D eigenvalue weighted by molar-refractivity contribution is 0.256. The number of thiophene rings is 1. The van der Waals surface area contributed by atoms with Crippen molar-refractivity contribution in [2.75, 3.05) is 5.32 Å². The van der Waals surface area contributed by atoms with Gasteiger partial charge in [-0.1, -0.05) is 17.7 Å². The number of rotatable bonds is 4. The first-order chi connectivity index (χ1) is 15.1. The van der Waals surface area contributed by atoms with Gasteiger partial charge in [-0.25, -0.2) is 22.3 Å². The molecule has 0 bridgehead atoms. The molecular formula is C20H13ClFN3O4S3. The number of hydrogen-bond acceptors (Lipinski definition) is 6. The van der Waals surface area contributed by atoms with E-state index >= 15 is 0 Å². The van der Waals surface area contributed by atoms with Crippen LogP contribution >= 0.6 is 35.6 Å². The van der Waals surface area contributed by atoms with Gasteiger partial charge in [-0.05, 0) is 53.9 Å². The molecule has 0 radical (unpaired) electrons. The van der Waals surface area contributed by atoms with Crippen LogP contribution in [0.2, 0.25) is 4.34 Å². The Morgan fingerprint density at radius 3 is 2.56 bits per heavy atom. The van der Waals surface area contributed by atoms with E-state index in [9.17, 15) is 22.4 Å². The van der Waals surface area contributed by atoms with Crippen molar-refractivity contribution in [3.63, 3.8) is 0 Å². The van der Waals surface area contributed by atoms with E-state index in [0.717, 1.165) is 22.0 Å². The van der Waals surface area contributed by atoms with Gasteiger partial charge in [-0.3, -0.25) is 9.36 Å². The van der Waals surface area contributed by atoms with Gasteiger partial charge in [0, 0.05) is 22.2 Å². The highest BCUT2D eigenvalue weighted by Crippen LogP contribution is 2.25. The van der Waals surface area contributed by atoms with Crippen molar-refractivity contribution in [3.8, 4) is 5.69 Å². The summed E-state index contributed by atoms with van der Waals surface area (Å²) in [6.07, 6.45) is 1.44. The monoisotopic (exact) mass is 509 g/mol. The Bertz CT molecular complexity index is 1530. The topological polar surface area (TPSA) is 97.3 Å². The van der Waals surface area contributed by atoms with Gasteiger partial charge >= 0.3 is 6.03 Å². The van der Waals surface area contributed by atoms with Crippen molar-refractivity contribution in [2.24, 2.45) is 0 Å². The van der Waals surface area contributed by atoms with Gasteiger partial charge in [0.1, 0.15) is 10.0 Å². The number of thiol groups is 1. The number of urea groups is 1. The zero-order valence-corrected chi connectivity index (χ0v) is 19.2. The van der Waals surface area contributed by atoms with E-state index in [0.29, 0.717) is 15.7 Å². The maximum atomic E-state index is 14.8. The van der Waals surface area contributed by atoms with Crippen LogP contribution in [-0.2, 0) is 10.0 Å². The fraction of sp³-hybridized carbons (Fsp3) is 0. The summed E-state index contributed by atoms with van der Waals surface area (Å²) in [4.78, 5) is 25.5. The van der Waals surface area contributed by atoms with E-state index in [-0.39, 0.29) is 19.9 Å². The third kappa shape index (κ3) is 4.51. The van der Waals surface area contributed by atoms with E-state index in [1.807, 2.05) is 4.72 Å². The lowest BCUT2D eigenvalue weighted by Crippen LogP contribution is -2.34. The Labute approximate surface area is 195 Å². The Morgan fingerprint density at radius 1 is 1.09 bits per heavy atom. The van der Waals surface area contributed by atoms with Crippen molar-refractivity contribution in [1.29, 1.82) is 0 Å². The Morgan fingerprint density at radius 2 is 1.88 bits per heavy atom. The molecule has 4 aromatic rings. The first-order valence-corrected chi connectivity index (χ1v) is 12.0. The molecule has 2 aromatic carbocycles. The molecule has 0 aliphatic heterocycles. The predicted octanol–water partition coefficient (Wildman–Crippen LogP) is 4.64. The number of carbonyl (C=O) groups is 1. The van der Waals surface area contributed by atoms with E-state index < -0.39 is 27.4 Å². The summed E-state index contributed by atoms with van der Waals surface area (Å²) in [5.74, 6) is -0.792. The number of aromatic nitrogens is 1. The van der Waals surface area contributed by atoms with Crippen molar-refractivity contribution in [3.05, 3.63) is 81.3 Å². The second-order valence-electron chi connectivity index (χ2n) is 6.55.